The fraction of sp³-hybridized carbons (Fsp3) is 0.393. The Labute approximate surface area is 191 Å². The van der Waals surface area contributed by atoms with Gasteiger partial charge in [-0.1, -0.05) is 37.3 Å². The maximum Gasteiger partial charge on any atom is 0.251 e. The Morgan fingerprint density at radius 3 is 2.59 bits per heavy atom. The van der Waals surface area contributed by atoms with Crippen molar-refractivity contribution in [2.75, 3.05) is 13.2 Å². The molecule has 0 aliphatic heterocycles. The van der Waals surface area contributed by atoms with Crippen molar-refractivity contribution in [2.45, 2.75) is 52.6 Å². The molecule has 1 aliphatic carbocycles. The summed E-state index contributed by atoms with van der Waals surface area (Å²) in [5.41, 5.74) is 7.11. The maximum atomic E-state index is 12.5. The van der Waals surface area contributed by atoms with E-state index in [1.807, 2.05) is 26.0 Å². The van der Waals surface area contributed by atoms with Crippen LogP contribution in [0.5, 0.6) is 0 Å². The quantitative estimate of drug-likeness (QED) is 0.458. The fourth-order valence-electron chi connectivity index (χ4n) is 4.48. The van der Waals surface area contributed by atoms with Gasteiger partial charge in [-0.2, -0.15) is 0 Å². The van der Waals surface area contributed by atoms with Gasteiger partial charge >= 0.3 is 0 Å². The molecule has 1 aromatic heterocycles. The van der Waals surface area contributed by atoms with Gasteiger partial charge in [0.2, 0.25) is 0 Å². The summed E-state index contributed by atoms with van der Waals surface area (Å²) in [4.78, 5) is 12.5. The van der Waals surface area contributed by atoms with Gasteiger partial charge in [-0.05, 0) is 86.9 Å². The molecule has 1 atom stereocenters. The van der Waals surface area contributed by atoms with Crippen LogP contribution in [0.25, 0.3) is 16.9 Å². The summed E-state index contributed by atoms with van der Waals surface area (Å²) in [5, 5.41) is 2.99. The number of hydrogen-bond donors (Lipinski definition) is 1. The molecule has 1 aliphatic rings. The zero-order valence-electron chi connectivity index (χ0n) is 19.4. The van der Waals surface area contributed by atoms with Gasteiger partial charge in [0.05, 0.1) is 11.8 Å². The van der Waals surface area contributed by atoms with E-state index in [1.165, 1.54) is 28.9 Å². The lowest BCUT2D eigenvalue weighted by molar-refractivity contribution is 0.0757. The molecule has 32 heavy (non-hydrogen) atoms. The highest BCUT2D eigenvalue weighted by Crippen LogP contribution is 2.35. The van der Waals surface area contributed by atoms with Crippen molar-refractivity contribution in [3.63, 3.8) is 0 Å². The molecule has 0 unspecified atom stereocenters. The number of hydrogen-bond acceptors (Lipinski definition) is 2. The van der Waals surface area contributed by atoms with Crippen molar-refractivity contribution in [1.29, 1.82) is 0 Å². The van der Waals surface area contributed by atoms with E-state index in [-0.39, 0.29) is 12.0 Å². The third-order valence-corrected chi connectivity index (χ3v) is 6.15. The number of nitrogens with zero attached hydrogens (tertiary/aromatic N) is 1. The molecule has 2 aromatic carbocycles. The summed E-state index contributed by atoms with van der Waals surface area (Å²) in [6, 6.07) is 21.0. The molecule has 0 bridgehead atoms. The minimum atomic E-state index is -0.0345. The monoisotopic (exact) mass is 430 g/mol. The third-order valence-electron chi connectivity index (χ3n) is 6.15. The molecule has 0 spiro atoms. The van der Waals surface area contributed by atoms with Crippen molar-refractivity contribution < 1.29 is 9.53 Å². The van der Waals surface area contributed by atoms with Gasteiger partial charge in [-0.15, -0.1) is 0 Å². The molecular formula is C28H34N2O2. The number of carbonyl (C=O) groups is 1. The number of rotatable bonds is 8. The highest BCUT2D eigenvalue weighted by molar-refractivity contribution is 5.94. The third kappa shape index (κ3) is 5.13. The van der Waals surface area contributed by atoms with Crippen LogP contribution in [0.3, 0.4) is 0 Å². The van der Waals surface area contributed by atoms with Crippen molar-refractivity contribution in [2.24, 2.45) is 5.92 Å². The van der Waals surface area contributed by atoms with Crippen molar-refractivity contribution in [3.8, 4) is 16.9 Å². The van der Waals surface area contributed by atoms with Gasteiger partial charge in [-0.3, -0.25) is 4.79 Å². The predicted molar refractivity (Wildman–Crippen MR) is 130 cm³/mol. The Balaban J connectivity index is 1.54. The zero-order chi connectivity index (χ0) is 22.5. The van der Waals surface area contributed by atoms with E-state index in [2.05, 4.69) is 65.3 Å². The molecule has 4 rings (SSSR count). The van der Waals surface area contributed by atoms with Gasteiger partial charge in [-0.25, -0.2) is 0 Å². The Morgan fingerprint density at radius 2 is 1.88 bits per heavy atom. The molecule has 3 aromatic rings. The molecule has 1 amide bonds. The molecule has 0 fully saturated rings. The zero-order valence-corrected chi connectivity index (χ0v) is 19.4. The molecule has 0 saturated carbocycles. The minimum Gasteiger partial charge on any atom is -0.379 e. The van der Waals surface area contributed by atoms with Crippen LogP contribution < -0.4 is 5.32 Å². The molecule has 1 N–H and O–H groups in total. The Morgan fingerprint density at radius 1 is 1.12 bits per heavy atom. The summed E-state index contributed by atoms with van der Waals surface area (Å²) in [6.07, 6.45) is 4.47. The summed E-state index contributed by atoms with van der Waals surface area (Å²) in [5.74, 6) is 0.687. The van der Waals surface area contributed by atoms with Crippen LogP contribution in [-0.4, -0.2) is 29.7 Å². The van der Waals surface area contributed by atoms with Crippen LogP contribution >= 0.6 is 0 Å². The first-order valence-corrected chi connectivity index (χ1v) is 11.8. The molecule has 4 nitrogen and oxygen atoms in total. The Kier molecular flexibility index (Phi) is 7.11. The normalized spacial score (nSPS) is 15.6. The Hall–Kier alpha value is -2.85. The summed E-state index contributed by atoms with van der Waals surface area (Å²) >= 11 is 0. The SMILES string of the molecule is CC(C)OCCCNC(=O)c1ccc(-n2c(-c3ccccc3)cc3c2CC[C@H](C)C3)cc1. The number of carbonyl (C=O) groups excluding carboxylic acids is 1. The topological polar surface area (TPSA) is 43.3 Å². The smallest absolute Gasteiger partial charge is 0.251 e. The van der Waals surface area contributed by atoms with E-state index in [4.69, 9.17) is 4.74 Å². The van der Waals surface area contributed by atoms with E-state index >= 15 is 0 Å². The molecule has 168 valence electrons. The number of fused-ring (bicyclic) bond motifs is 1. The second kappa shape index (κ2) is 10.2. The van der Waals surface area contributed by atoms with E-state index < -0.39 is 0 Å². The van der Waals surface area contributed by atoms with E-state index in [0.29, 0.717) is 18.7 Å². The second-order valence-electron chi connectivity index (χ2n) is 9.13. The van der Waals surface area contributed by atoms with Crippen LogP contribution in [0.4, 0.5) is 0 Å². The van der Waals surface area contributed by atoms with Crippen molar-refractivity contribution in [1.82, 2.24) is 9.88 Å². The van der Waals surface area contributed by atoms with Gasteiger partial charge in [0, 0.05) is 30.1 Å². The molecular weight excluding hydrogens is 396 g/mol. The van der Waals surface area contributed by atoms with Crippen LogP contribution in [-0.2, 0) is 17.6 Å². The van der Waals surface area contributed by atoms with Crippen LogP contribution in [0.1, 0.15) is 55.2 Å². The van der Waals surface area contributed by atoms with E-state index in [0.717, 1.165) is 30.9 Å². The lowest BCUT2D eigenvalue weighted by Gasteiger charge is -2.21. The van der Waals surface area contributed by atoms with Gasteiger partial charge in [0.25, 0.3) is 5.91 Å². The van der Waals surface area contributed by atoms with Crippen molar-refractivity contribution in [3.05, 3.63) is 77.5 Å². The number of ether oxygens (including phenoxy) is 1. The number of benzene rings is 2. The summed E-state index contributed by atoms with van der Waals surface area (Å²) in [7, 11) is 0. The predicted octanol–water partition coefficient (Wildman–Crippen LogP) is 5.81. The average molecular weight is 431 g/mol. The maximum absolute atomic E-state index is 12.5. The molecule has 0 saturated heterocycles. The molecule has 0 radical (unpaired) electrons. The summed E-state index contributed by atoms with van der Waals surface area (Å²) in [6.45, 7) is 7.66. The second-order valence-corrected chi connectivity index (χ2v) is 9.13. The molecule has 4 heteroatoms. The fourth-order valence-corrected chi connectivity index (χ4v) is 4.48. The Bertz CT molecular complexity index is 1040. The first-order chi connectivity index (χ1) is 15.5. The standard InChI is InChI=1S/C28H34N2O2/c1-20(2)32-17-7-16-29-28(31)23-11-13-25(14-12-23)30-26-15-10-21(3)18-24(26)19-27(30)22-8-5-4-6-9-22/h4-6,8-9,11-14,19-21H,7,10,15-18H2,1-3H3,(H,29,31)/t21-/m0/s1. The first-order valence-electron chi connectivity index (χ1n) is 11.8. The van der Waals surface area contributed by atoms with Crippen molar-refractivity contribution >= 4 is 5.91 Å². The number of amides is 1. The molecule has 1 heterocycles. The number of nitrogens with one attached hydrogen (secondary N) is 1. The lowest BCUT2D eigenvalue weighted by atomic mass is 9.89. The van der Waals surface area contributed by atoms with Crippen LogP contribution in [0, 0.1) is 5.92 Å². The highest BCUT2D eigenvalue weighted by atomic mass is 16.5. The average Bonchev–Trinajstić information content (AvgIpc) is 3.17. The number of aromatic nitrogens is 1. The highest BCUT2D eigenvalue weighted by Gasteiger charge is 2.23. The van der Waals surface area contributed by atoms with Crippen LogP contribution in [0.15, 0.2) is 60.7 Å². The minimum absolute atomic E-state index is 0.0345. The van der Waals surface area contributed by atoms with Gasteiger partial charge in [0.1, 0.15) is 0 Å². The van der Waals surface area contributed by atoms with E-state index in [1.54, 1.807) is 0 Å². The largest absolute Gasteiger partial charge is 0.379 e. The van der Waals surface area contributed by atoms with Crippen LogP contribution in [0.2, 0.25) is 0 Å². The van der Waals surface area contributed by atoms with Gasteiger partial charge < -0.3 is 14.6 Å². The first kappa shape index (κ1) is 22.3. The summed E-state index contributed by atoms with van der Waals surface area (Å²) < 4.78 is 7.92. The lowest BCUT2D eigenvalue weighted by Crippen LogP contribution is -2.25. The van der Waals surface area contributed by atoms with E-state index in [9.17, 15) is 4.79 Å². The van der Waals surface area contributed by atoms with Gasteiger partial charge in [0.15, 0.2) is 0 Å².